The Morgan fingerprint density at radius 1 is 1.08 bits per heavy atom. The molecule has 1 N–H and O–H groups in total. The van der Waals surface area contributed by atoms with Gasteiger partial charge in [-0.3, -0.25) is 4.79 Å². The van der Waals surface area contributed by atoms with Crippen LogP contribution in [0.5, 0.6) is 5.75 Å². The zero-order valence-corrected chi connectivity index (χ0v) is 15.7. The summed E-state index contributed by atoms with van der Waals surface area (Å²) in [6, 6.07) is 12.6. The van der Waals surface area contributed by atoms with Gasteiger partial charge in [-0.2, -0.15) is 0 Å². The first-order valence-electron chi connectivity index (χ1n) is 8.76. The SMILES string of the molecule is CCOC(=O)c1cccc(NC(=O)C(CC)Oc2cc(C)ccc2C)c1. The molecule has 5 heteroatoms. The van der Waals surface area contributed by atoms with Crippen LogP contribution in [0.3, 0.4) is 0 Å². The van der Waals surface area contributed by atoms with Gasteiger partial charge in [-0.05, 0) is 62.6 Å². The third-order valence-corrected chi connectivity index (χ3v) is 3.92. The molecule has 1 unspecified atom stereocenters. The van der Waals surface area contributed by atoms with Crippen LogP contribution < -0.4 is 10.1 Å². The molecule has 0 saturated carbocycles. The smallest absolute Gasteiger partial charge is 0.338 e. The van der Waals surface area contributed by atoms with Gasteiger partial charge in [0.15, 0.2) is 6.10 Å². The molecule has 0 radical (unpaired) electrons. The summed E-state index contributed by atoms with van der Waals surface area (Å²) in [6.07, 6.45) is -0.0988. The Morgan fingerprint density at radius 2 is 1.85 bits per heavy atom. The van der Waals surface area contributed by atoms with Crippen molar-refractivity contribution in [2.75, 3.05) is 11.9 Å². The second-order valence-electron chi connectivity index (χ2n) is 6.07. The van der Waals surface area contributed by atoms with Gasteiger partial charge in [-0.25, -0.2) is 4.79 Å². The number of carbonyl (C=O) groups is 2. The van der Waals surface area contributed by atoms with Crippen LogP contribution in [0.25, 0.3) is 0 Å². The summed E-state index contributed by atoms with van der Waals surface area (Å²) in [4.78, 5) is 24.4. The topological polar surface area (TPSA) is 64.6 Å². The first-order valence-corrected chi connectivity index (χ1v) is 8.76. The Balaban J connectivity index is 2.10. The van der Waals surface area contributed by atoms with E-state index in [1.54, 1.807) is 31.2 Å². The molecule has 0 spiro atoms. The van der Waals surface area contributed by atoms with E-state index in [0.29, 0.717) is 30.0 Å². The van der Waals surface area contributed by atoms with Crippen LogP contribution in [0.2, 0.25) is 0 Å². The van der Waals surface area contributed by atoms with E-state index >= 15 is 0 Å². The minimum Gasteiger partial charge on any atom is -0.480 e. The van der Waals surface area contributed by atoms with Crippen LogP contribution in [-0.4, -0.2) is 24.6 Å². The molecule has 0 aromatic heterocycles. The lowest BCUT2D eigenvalue weighted by molar-refractivity contribution is -0.122. The van der Waals surface area contributed by atoms with E-state index < -0.39 is 12.1 Å². The molecule has 0 heterocycles. The number of anilines is 1. The van der Waals surface area contributed by atoms with E-state index in [-0.39, 0.29) is 5.91 Å². The van der Waals surface area contributed by atoms with Gasteiger partial charge in [0.25, 0.3) is 5.91 Å². The van der Waals surface area contributed by atoms with Crippen LogP contribution in [0.1, 0.15) is 41.8 Å². The third kappa shape index (κ3) is 5.09. The zero-order chi connectivity index (χ0) is 19.1. The van der Waals surface area contributed by atoms with Crippen molar-refractivity contribution in [2.24, 2.45) is 0 Å². The molecule has 0 fully saturated rings. The maximum Gasteiger partial charge on any atom is 0.338 e. The Labute approximate surface area is 154 Å². The first-order chi connectivity index (χ1) is 12.4. The summed E-state index contributed by atoms with van der Waals surface area (Å²) in [5.74, 6) is 0.0314. The van der Waals surface area contributed by atoms with Crippen molar-refractivity contribution in [3.8, 4) is 5.75 Å². The minimum absolute atomic E-state index is 0.255. The molecule has 0 bridgehead atoms. The van der Waals surface area contributed by atoms with E-state index in [9.17, 15) is 9.59 Å². The number of hydrogen-bond acceptors (Lipinski definition) is 4. The highest BCUT2D eigenvalue weighted by molar-refractivity contribution is 5.96. The number of benzene rings is 2. The molecule has 0 aliphatic rings. The predicted octanol–water partition coefficient (Wildman–Crippen LogP) is 4.28. The average molecular weight is 355 g/mol. The fraction of sp³-hybridized carbons (Fsp3) is 0.333. The van der Waals surface area contributed by atoms with E-state index in [4.69, 9.17) is 9.47 Å². The second-order valence-corrected chi connectivity index (χ2v) is 6.07. The summed E-state index contributed by atoms with van der Waals surface area (Å²) in [7, 11) is 0. The van der Waals surface area contributed by atoms with Crippen molar-refractivity contribution in [1.82, 2.24) is 0 Å². The van der Waals surface area contributed by atoms with Crippen LogP contribution >= 0.6 is 0 Å². The lowest BCUT2D eigenvalue weighted by Crippen LogP contribution is -2.32. The molecular formula is C21H25NO4. The van der Waals surface area contributed by atoms with Crippen molar-refractivity contribution >= 4 is 17.6 Å². The Morgan fingerprint density at radius 3 is 2.54 bits per heavy atom. The van der Waals surface area contributed by atoms with Crippen molar-refractivity contribution in [2.45, 2.75) is 40.2 Å². The number of amides is 1. The van der Waals surface area contributed by atoms with Crippen molar-refractivity contribution in [1.29, 1.82) is 0 Å². The fourth-order valence-electron chi connectivity index (χ4n) is 2.47. The Kier molecular flexibility index (Phi) is 6.78. The maximum atomic E-state index is 12.6. The zero-order valence-electron chi connectivity index (χ0n) is 15.7. The molecule has 2 rings (SSSR count). The van der Waals surface area contributed by atoms with Gasteiger partial charge in [0.2, 0.25) is 0 Å². The quantitative estimate of drug-likeness (QED) is 0.753. The molecule has 0 aliphatic carbocycles. The Hall–Kier alpha value is -2.82. The van der Waals surface area contributed by atoms with E-state index in [1.807, 2.05) is 39.0 Å². The van der Waals surface area contributed by atoms with Gasteiger partial charge < -0.3 is 14.8 Å². The molecule has 5 nitrogen and oxygen atoms in total. The number of carbonyl (C=O) groups excluding carboxylic acids is 2. The van der Waals surface area contributed by atoms with Gasteiger partial charge in [0, 0.05) is 5.69 Å². The standard InChI is InChI=1S/C21H25NO4/c1-5-18(26-19-12-14(3)10-11-15(19)4)20(23)22-17-9-7-8-16(13-17)21(24)25-6-2/h7-13,18H,5-6H2,1-4H3,(H,22,23). The summed E-state index contributed by atoms with van der Waals surface area (Å²) in [5, 5.41) is 2.81. The molecule has 2 aromatic carbocycles. The first kappa shape index (κ1) is 19.5. The summed E-state index contributed by atoms with van der Waals surface area (Å²) < 4.78 is 10.9. The van der Waals surface area contributed by atoms with Crippen LogP contribution in [0, 0.1) is 13.8 Å². The van der Waals surface area contributed by atoms with E-state index in [0.717, 1.165) is 11.1 Å². The van der Waals surface area contributed by atoms with Crippen LogP contribution in [0.15, 0.2) is 42.5 Å². The number of rotatable bonds is 7. The average Bonchev–Trinajstić information content (AvgIpc) is 2.62. The van der Waals surface area contributed by atoms with Crippen LogP contribution in [-0.2, 0) is 9.53 Å². The van der Waals surface area contributed by atoms with Gasteiger partial charge in [0.1, 0.15) is 5.75 Å². The lowest BCUT2D eigenvalue weighted by atomic mass is 10.1. The van der Waals surface area contributed by atoms with Gasteiger partial charge in [-0.15, -0.1) is 0 Å². The minimum atomic E-state index is -0.623. The molecule has 0 saturated heterocycles. The monoisotopic (exact) mass is 355 g/mol. The highest BCUT2D eigenvalue weighted by Crippen LogP contribution is 2.22. The molecule has 0 aliphatic heterocycles. The molecule has 26 heavy (non-hydrogen) atoms. The molecule has 1 amide bonds. The third-order valence-electron chi connectivity index (χ3n) is 3.92. The van der Waals surface area contributed by atoms with Crippen molar-refractivity contribution < 1.29 is 19.1 Å². The van der Waals surface area contributed by atoms with E-state index in [2.05, 4.69) is 5.32 Å². The summed E-state index contributed by atoms with van der Waals surface area (Å²) in [5.41, 5.74) is 2.98. The number of esters is 1. The van der Waals surface area contributed by atoms with E-state index in [1.165, 1.54) is 0 Å². The highest BCUT2D eigenvalue weighted by atomic mass is 16.5. The summed E-state index contributed by atoms with van der Waals surface area (Å²) >= 11 is 0. The Bertz CT molecular complexity index is 785. The van der Waals surface area contributed by atoms with Gasteiger partial charge >= 0.3 is 5.97 Å². The normalized spacial score (nSPS) is 11.5. The molecule has 1 atom stereocenters. The fourth-order valence-corrected chi connectivity index (χ4v) is 2.47. The number of ether oxygens (including phenoxy) is 2. The number of hydrogen-bond donors (Lipinski definition) is 1. The molecular weight excluding hydrogens is 330 g/mol. The maximum absolute atomic E-state index is 12.6. The molecule has 2 aromatic rings. The predicted molar refractivity (Wildman–Crippen MR) is 102 cm³/mol. The number of aryl methyl sites for hydroxylation is 2. The van der Waals surface area contributed by atoms with Gasteiger partial charge in [0.05, 0.1) is 12.2 Å². The highest BCUT2D eigenvalue weighted by Gasteiger charge is 2.20. The van der Waals surface area contributed by atoms with Gasteiger partial charge in [-0.1, -0.05) is 25.1 Å². The van der Waals surface area contributed by atoms with Crippen molar-refractivity contribution in [3.63, 3.8) is 0 Å². The number of nitrogens with one attached hydrogen (secondary N) is 1. The summed E-state index contributed by atoms with van der Waals surface area (Å²) in [6.45, 7) is 7.87. The lowest BCUT2D eigenvalue weighted by Gasteiger charge is -2.19. The van der Waals surface area contributed by atoms with Crippen LogP contribution in [0.4, 0.5) is 5.69 Å². The van der Waals surface area contributed by atoms with Crippen molar-refractivity contribution in [3.05, 3.63) is 59.2 Å². The largest absolute Gasteiger partial charge is 0.480 e. The second kappa shape index (κ2) is 9.04. The molecule has 138 valence electrons.